The van der Waals surface area contributed by atoms with Crippen LogP contribution in [0.4, 0.5) is 0 Å². The first-order valence-electron chi connectivity index (χ1n) is 11.2. The van der Waals surface area contributed by atoms with Crippen molar-refractivity contribution in [2.24, 2.45) is 0 Å². The molecule has 0 bridgehead atoms. The molecule has 34 heavy (non-hydrogen) atoms. The average molecular weight is 527 g/mol. The average Bonchev–Trinajstić information content (AvgIpc) is 3.40. The van der Waals surface area contributed by atoms with Gasteiger partial charge in [0.05, 0.1) is 11.0 Å². The Morgan fingerprint density at radius 1 is 0.794 bits per heavy atom. The summed E-state index contributed by atoms with van der Waals surface area (Å²) in [6.45, 7) is 6.79. The van der Waals surface area contributed by atoms with Crippen LogP contribution in [0.25, 0.3) is 37.8 Å². The Labute approximate surface area is 210 Å². The largest absolute Gasteiger partial charge is 0.457 e. The number of ether oxygens (including phenoxy) is 1. The molecule has 6 aromatic rings. The van der Waals surface area contributed by atoms with E-state index >= 15 is 0 Å². The van der Waals surface area contributed by atoms with Crippen LogP contribution < -0.4 is 4.74 Å². The highest BCUT2D eigenvalue weighted by atomic mass is 79.9. The van der Waals surface area contributed by atoms with Crippen LogP contribution in [-0.2, 0) is 5.41 Å². The molecule has 6 rings (SSSR count). The van der Waals surface area contributed by atoms with Gasteiger partial charge < -0.3 is 4.74 Å². The molecule has 0 aliphatic carbocycles. The maximum Gasteiger partial charge on any atom is 0.139 e. The van der Waals surface area contributed by atoms with Crippen LogP contribution in [0, 0.1) is 0 Å². The Bertz CT molecular complexity index is 1690. The number of fused-ring (bicyclic) bond motifs is 4. The molecular formula is C29H23BrN2OS. The lowest BCUT2D eigenvalue weighted by atomic mass is 9.86. The summed E-state index contributed by atoms with van der Waals surface area (Å²) >= 11 is 5.22. The zero-order chi connectivity index (χ0) is 23.4. The van der Waals surface area contributed by atoms with E-state index in [1.54, 1.807) is 11.3 Å². The van der Waals surface area contributed by atoms with Crippen LogP contribution in [0.1, 0.15) is 26.3 Å². The molecule has 3 nitrogen and oxygen atoms in total. The van der Waals surface area contributed by atoms with Crippen molar-refractivity contribution >= 4 is 59.3 Å². The normalized spacial score (nSPS) is 12.1. The number of halogens is 1. The molecule has 0 spiro atoms. The molecule has 0 amide bonds. The first-order valence-corrected chi connectivity index (χ1v) is 12.9. The molecule has 0 fully saturated rings. The van der Waals surface area contributed by atoms with Crippen molar-refractivity contribution in [1.82, 2.24) is 9.55 Å². The van der Waals surface area contributed by atoms with Crippen LogP contribution in [-0.4, -0.2) is 9.55 Å². The number of thiophene rings is 1. The second-order valence-electron chi connectivity index (χ2n) is 9.51. The minimum atomic E-state index is 0.00470. The summed E-state index contributed by atoms with van der Waals surface area (Å²) in [7, 11) is 0. The Balaban J connectivity index is 1.62. The van der Waals surface area contributed by atoms with Crippen molar-refractivity contribution in [3.05, 3.63) is 94.3 Å². The van der Waals surface area contributed by atoms with Gasteiger partial charge in [-0.25, -0.2) is 4.98 Å². The lowest BCUT2D eigenvalue weighted by molar-refractivity contribution is 0.483. The van der Waals surface area contributed by atoms with Crippen LogP contribution in [0.5, 0.6) is 11.5 Å². The van der Waals surface area contributed by atoms with Gasteiger partial charge in [0.25, 0.3) is 0 Å². The molecular weight excluding hydrogens is 504 g/mol. The van der Waals surface area contributed by atoms with Crippen molar-refractivity contribution < 1.29 is 4.74 Å². The van der Waals surface area contributed by atoms with Gasteiger partial charge in [0.2, 0.25) is 0 Å². The van der Waals surface area contributed by atoms with Crippen molar-refractivity contribution in [3.63, 3.8) is 0 Å². The quantitative estimate of drug-likeness (QED) is 0.229. The highest BCUT2D eigenvalue weighted by Gasteiger charge is 2.22. The molecule has 0 unspecified atom stereocenters. The van der Waals surface area contributed by atoms with E-state index in [4.69, 9.17) is 9.72 Å². The molecule has 0 radical (unpaired) electrons. The fourth-order valence-electron chi connectivity index (χ4n) is 4.60. The highest BCUT2D eigenvalue weighted by molar-refractivity contribution is 9.10. The third-order valence-electron chi connectivity index (χ3n) is 6.14. The number of hydrogen-bond donors (Lipinski definition) is 0. The predicted molar refractivity (Wildman–Crippen MR) is 147 cm³/mol. The minimum Gasteiger partial charge on any atom is -0.457 e. The number of para-hydroxylation sites is 1. The summed E-state index contributed by atoms with van der Waals surface area (Å²) in [4.78, 5) is 6.18. The van der Waals surface area contributed by atoms with E-state index in [0.717, 1.165) is 37.7 Å². The summed E-state index contributed by atoms with van der Waals surface area (Å²) in [5.74, 6) is 2.53. The SMILES string of the molecule is CC(C)(C)c1cc(-n2c3ccccc3c3ccc(Oc4cccc(Br)c4)cc32)nc2sccc12. The van der Waals surface area contributed by atoms with E-state index in [9.17, 15) is 0 Å². The van der Waals surface area contributed by atoms with Gasteiger partial charge in [0, 0.05) is 26.7 Å². The highest BCUT2D eigenvalue weighted by Crippen LogP contribution is 2.38. The lowest BCUT2D eigenvalue weighted by Gasteiger charge is -2.21. The van der Waals surface area contributed by atoms with Gasteiger partial charge in [-0.15, -0.1) is 11.3 Å². The van der Waals surface area contributed by atoms with Crippen molar-refractivity contribution in [2.75, 3.05) is 0 Å². The Kier molecular flexibility index (Phi) is 5.01. The van der Waals surface area contributed by atoms with Crippen LogP contribution in [0.3, 0.4) is 0 Å². The second-order valence-corrected chi connectivity index (χ2v) is 11.3. The molecule has 0 saturated carbocycles. The monoisotopic (exact) mass is 526 g/mol. The summed E-state index contributed by atoms with van der Waals surface area (Å²) in [6.07, 6.45) is 0. The molecule has 3 heterocycles. The third-order valence-corrected chi connectivity index (χ3v) is 7.44. The van der Waals surface area contributed by atoms with Crippen LogP contribution in [0.2, 0.25) is 0 Å². The number of pyridine rings is 1. The summed E-state index contributed by atoms with van der Waals surface area (Å²) in [5.41, 5.74) is 3.53. The zero-order valence-corrected chi connectivity index (χ0v) is 21.6. The Morgan fingerprint density at radius 2 is 1.59 bits per heavy atom. The van der Waals surface area contributed by atoms with Gasteiger partial charge in [-0.1, -0.05) is 61.0 Å². The molecule has 168 valence electrons. The van der Waals surface area contributed by atoms with E-state index in [1.165, 1.54) is 21.7 Å². The fraction of sp³-hybridized carbons (Fsp3) is 0.138. The summed E-state index contributed by atoms with van der Waals surface area (Å²) in [6, 6.07) is 27.2. The Morgan fingerprint density at radius 3 is 2.41 bits per heavy atom. The second kappa shape index (κ2) is 7.97. The van der Waals surface area contributed by atoms with Crippen molar-refractivity contribution in [3.8, 4) is 17.3 Å². The number of aromatic nitrogens is 2. The van der Waals surface area contributed by atoms with Gasteiger partial charge >= 0.3 is 0 Å². The molecule has 3 aromatic heterocycles. The number of hydrogen-bond acceptors (Lipinski definition) is 3. The molecule has 3 aromatic carbocycles. The molecule has 5 heteroatoms. The van der Waals surface area contributed by atoms with Gasteiger partial charge in [-0.3, -0.25) is 4.57 Å². The number of nitrogens with zero attached hydrogens (tertiary/aromatic N) is 2. The van der Waals surface area contributed by atoms with E-state index < -0.39 is 0 Å². The van der Waals surface area contributed by atoms with E-state index in [-0.39, 0.29) is 5.41 Å². The third kappa shape index (κ3) is 3.60. The van der Waals surface area contributed by atoms with Gasteiger partial charge in [0.15, 0.2) is 0 Å². The first kappa shape index (κ1) is 21.4. The number of rotatable bonds is 3. The predicted octanol–water partition coefficient (Wildman–Crippen LogP) is 9.25. The van der Waals surface area contributed by atoms with E-state index in [1.807, 2.05) is 30.3 Å². The first-order chi connectivity index (χ1) is 16.4. The minimum absolute atomic E-state index is 0.00470. The summed E-state index contributed by atoms with van der Waals surface area (Å²) in [5, 5.41) is 5.76. The van der Waals surface area contributed by atoms with Crippen LogP contribution in [0.15, 0.2) is 88.7 Å². The fourth-order valence-corrected chi connectivity index (χ4v) is 5.76. The van der Waals surface area contributed by atoms with Crippen molar-refractivity contribution in [1.29, 1.82) is 0 Å². The lowest BCUT2D eigenvalue weighted by Crippen LogP contribution is -2.13. The standard InChI is InChI=1S/C29H23BrN2OS/c1-29(2,3)24-17-27(31-28-23(24)13-14-34-28)32-25-10-5-4-9-21(25)22-12-11-20(16-26(22)32)33-19-8-6-7-18(30)15-19/h4-17H,1-3H3. The van der Waals surface area contributed by atoms with Crippen LogP contribution >= 0.6 is 27.3 Å². The molecule has 0 aliphatic rings. The molecule has 0 aliphatic heterocycles. The molecule has 0 N–H and O–H groups in total. The zero-order valence-electron chi connectivity index (χ0n) is 19.2. The smallest absolute Gasteiger partial charge is 0.139 e. The van der Waals surface area contributed by atoms with E-state index in [2.05, 4.69) is 95.2 Å². The maximum absolute atomic E-state index is 6.23. The molecule has 0 saturated heterocycles. The Hall–Kier alpha value is -3.15. The molecule has 0 atom stereocenters. The topological polar surface area (TPSA) is 27.1 Å². The van der Waals surface area contributed by atoms with E-state index in [0.29, 0.717) is 0 Å². The summed E-state index contributed by atoms with van der Waals surface area (Å²) < 4.78 is 9.49. The van der Waals surface area contributed by atoms with Gasteiger partial charge in [0.1, 0.15) is 22.1 Å². The van der Waals surface area contributed by atoms with Crippen molar-refractivity contribution in [2.45, 2.75) is 26.2 Å². The van der Waals surface area contributed by atoms with Gasteiger partial charge in [-0.2, -0.15) is 0 Å². The van der Waals surface area contributed by atoms with Gasteiger partial charge in [-0.05, 0) is 64.9 Å². The maximum atomic E-state index is 6.23. The number of benzene rings is 3.